The molecular weight excluding hydrogens is 385 g/mol. The first-order valence-electron chi connectivity index (χ1n) is 9.06. The molecule has 1 aromatic heterocycles. The van der Waals surface area contributed by atoms with Crippen LogP contribution in [0.5, 0.6) is 5.88 Å². The molecule has 1 saturated heterocycles. The third kappa shape index (κ3) is 4.48. The molecule has 0 spiro atoms. The standard InChI is InChI=1S/C19H22FN3O4S/c1-2-27-19-17(4-3-11-21-19)22-18(24)14-9-12-23(13-10-14)28(25,26)16-7-5-15(20)6-8-16/h3-8,11,14H,2,9-10,12-13H2,1H3,(H,22,24). The number of sulfonamides is 1. The average Bonchev–Trinajstić information content (AvgIpc) is 2.70. The first kappa shape index (κ1) is 20.2. The number of pyridine rings is 1. The Balaban J connectivity index is 1.62. The molecule has 1 aromatic carbocycles. The number of carbonyl (C=O) groups excluding carboxylic acids is 1. The molecule has 0 unspecified atom stereocenters. The number of aromatic nitrogens is 1. The van der Waals surface area contributed by atoms with Crippen molar-refractivity contribution in [1.29, 1.82) is 0 Å². The van der Waals surface area contributed by atoms with Gasteiger partial charge < -0.3 is 10.1 Å². The van der Waals surface area contributed by atoms with Gasteiger partial charge in [-0.2, -0.15) is 4.31 Å². The fourth-order valence-electron chi connectivity index (χ4n) is 3.09. The van der Waals surface area contributed by atoms with Crippen molar-refractivity contribution in [3.05, 3.63) is 48.4 Å². The lowest BCUT2D eigenvalue weighted by Gasteiger charge is -2.30. The summed E-state index contributed by atoms with van der Waals surface area (Å²) < 4.78 is 45.1. The lowest BCUT2D eigenvalue weighted by Crippen LogP contribution is -2.41. The monoisotopic (exact) mass is 407 g/mol. The van der Waals surface area contributed by atoms with E-state index in [2.05, 4.69) is 10.3 Å². The third-order valence-electron chi connectivity index (χ3n) is 4.59. The second kappa shape index (κ2) is 8.66. The van der Waals surface area contributed by atoms with Gasteiger partial charge in [-0.3, -0.25) is 4.79 Å². The van der Waals surface area contributed by atoms with Crippen LogP contribution < -0.4 is 10.1 Å². The van der Waals surface area contributed by atoms with E-state index in [1.807, 2.05) is 6.92 Å². The lowest BCUT2D eigenvalue weighted by atomic mass is 9.97. The van der Waals surface area contributed by atoms with Crippen molar-refractivity contribution in [2.75, 3.05) is 25.0 Å². The topological polar surface area (TPSA) is 88.6 Å². The molecule has 28 heavy (non-hydrogen) atoms. The molecule has 0 saturated carbocycles. The smallest absolute Gasteiger partial charge is 0.243 e. The molecule has 7 nitrogen and oxygen atoms in total. The maximum absolute atomic E-state index is 13.0. The number of hydrogen-bond acceptors (Lipinski definition) is 5. The van der Waals surface area contributed by atoms with Crippen LogP contribution in [0.25, 0.3) is 0 Å². The van der Waals surface area contributed by atoms with Crippen LogP contribution >= 0.6 is 0 Å². The number of ether oxygens (including phenoxy) is 1. The van der Waals surface area contributed by atoms with Crippen LogP contribution in [0.15, 0.2) is 47.5 Å². The number of halogens is 1. The Kier molecular flexibility index (Phi) is 6.25. The highest BCUT2D eigenvalue weighted by Crippen LogP contribution is 2.27. The van der Waals surface area contributed by atoms with Crippen molar-refractivity contribution in [3.8, 4) is 5.88 Å². The molecule has 1 aliphatic heterocycles. The summed E-state index contributed by atoms with van der Waals surface area (Å²) in [6, 6.07) is 8.16. The number of rotatable bonds is 6. The van der Waals surface area contributed by atoms with E-state index in [4.69, 9.17) is 4.74 Å². The molecule has 9 heteroatoms. The molecule has 1 fully saturated rings. The van der Waals surface area contributed by atoms with E-state index in [0.29, 0.717) is 31.0 Å². The Morgan fingerprint density at radius 1 is 1.25 bits per heavy atom. The van der Waals surface area contributed by atoms with Gasteiger partial charge in [-0.05, 0) is 56.2 Å². The molecule has 150 valence electrons. The second-order valence-corrected chi connectivity index (χ2v) is 8.35. The molecule has 1 amide bonds. The molecule has 0 atom stereocenters. The highest BCUT2D eigenvalue weighted by molar-refractivity contribution is 7.89. The van der Waals surface area contributed by atoms with E-state index < -0.39 is 15.8 Å². The minimum absolute atomic E-state index is 0.0496. The first-order valence-corrected chi connectivity index (χ1v) is 10.5. The Hall–Kier alpha value is -2.52. The zero-order valence-corrected chi connectivity index (χ0v) is 16.3. The molecule has 0 bridgehead atoms. The summed E-state index contributed by atoms with van der Waals surface area (Å²) in [6.07, 6.45) is 2.38. The van der Waals surface area contributed by atoms with Gasteiger partial charge in [-0.25, -0.2) is 17.8 Å². The van der Waals surface area contributed by atoms with Gasteiger partial charge in [-0.15, -0.1) is 0 Å². The second-order valence-electron chi connectivity index (χ2n) is 6.41. The van der Waals surface area contributed by atoms with Crippen LogP contribution in [0, 0.1) is 11.7 Å². The SMILES string of the molecule is CCOc1ncccc1NC(=O)C1CCN(S(=O)(=O)c2ccc(F)cc2)CC1. The van der Waals surface area contributed by atoms with Crippen LogP contribution in [0.2, 0.25) is 0 Å². The van der Waals surface area contributed by atoms with E-state index in [1.54, 1.807) is 18.3 Å². The maximum atomic E-state index is 13.0. The van der Waals surface area contributed by atoms with Crippen molar-refractivity contribution in [3.63, 3.8) is 0 Å². The van der Waals surface area contributed by atoms with Crippen LogP contribution in [-0.4, -0.2) is 43.3 Å². The minimum Gasteiger partial charge on any atom is -0.476 e. The average molecular weight is 407 g/mol. The van der Waals surface area contributed by atoms with E-state index in [1.165, 1.54) is 16.4 Å². The summed E-state index contributed by atoms with van der Waals surface area (Å²) in [5, 5.41) is 2.82. The van der Waals surface area contributed by atoms with Gasteiger partial charge >= 0.3 is 0 Å². The van der Waals surface area contributed by atoms with E-state index in [-0.39, 0.29) is 29.8 Å². The summed E-state index contributed by atoms with van der Waals surface area (Å²) in [7, 11) is -3.70. The predicted molar refractivity (Wildman–Crippen MR) is 102 cm³/mol. The fraction of sp³-hybridized carbons (Fsp3) is 0.368. The van der Waals surface area contributed by atoms with E-state index >= 15 is 0 Å². The zero-order chi connectivity index (χ0) is 20.1. The Labute approximate surface area is 163 Å². The van der Waals surface area contributed by atoms with Gasteiger partial charge in [0, 0.05) is 25.2 Å². The Morgan fingerprint density at radius 2 is 1.93 bits per heavy atom. The third-order valence-corrected chi connectivity index (χ3v) is 6.50. The quantitative estimate of drug-likeness (QED) is 0.795. The summed E-state index contributed by atoms with van der Waals surface area (Å²) in [4.78, 5) is 16.7. The molecule has 0 radical (unpaired) electrons. The molecule has 2 aromatic rings. The predicted octanol–water partition coefficient (Wildman–Crippen LogP) is 2.66. The van der Waals surface area contributed by atoms with Crippen LogP contribution in [0.1, 0.15) is 19.8 Å². The number of piperidine rings is 1. The summed E-state index contributed by atoms with van der Waals surface area (Å²) in [5.41, 5.74) is 0.496. The molecule has 3 rings (SSSR count). The largest absolute Gasteiger partial charge is 0.476 e. The summed E-state index contributed by atoms with van der Waals surface area (Å²) >= 11 is 0. The van der Waals surface area contributed by atoms with Gasteiger partial charge in [-0.1, -0.05) is 0 Å². The number of nitrogens with one attached hydrogen (secondary N) is 1. The van der Waals surface area contributed by atoms with Crippen LogP contribution in [0.3, 0.4) is 0 Å². The van der Waals surface area contributed by atoms with Gasteiger partial charge in [0.2, 0.25) is 21.8 Å². The van der Waals surface area contributed by atoms with Crippen molar-refractivity contribution in [1.82, 2.24) is 9.29 Å². The number of nitrogens with zero attached hydrogens (tertiary/aromatic N) is 2. The van der Waals surface area contributed by atoms with Gasteiger partial charge in [0.1, 0.15) is 11.5 Å². The number of hydrogen-bond donors (Lipinski definition) is 1. The normalized spacial score (nSPS) is 15.9. The van der Waals surface area contributed by atoms with Crippen molar-refractivity contribution in [2.45, 2.75) is 24.7 Å². The van der Waals surface area contributed by atoms with Crippen LogP contribution in [-0.2, 0) is 14.8 Å². The summed E-state index contributed by atoms with van der Waals surface area (Å²) in [5.74, 6) is -0.632. The lowest BCUT2D eigenvalue weighted by molar-refractivity contribution is -0.120. The molecule has 1 aliphatic rings. The molecule has 1 N–H and O–H groups in total. The maximum Gasteiger partial charge on any atom is 0.243 e. The number of amides is 1. The fourth-order valence-corrected chi connectivity index (χ4v) is 4.56. The number of anilines is 1. The zero-order valence-electron chi connectivity index (χ0n) is 15.5. The molecule has 0 aliphatic carbocycles. The first-order chi connectivity index (χ1) is 13.4. The number of benzene rings is 1. The Morgan fingerprint density at radius 3 is 2.57 bits per heavy atom. The van der Waals surface area contributed by atoms with Crippen molar-refractivity contribution < 1.29 is 22.3 Å². The molecule has 2 heterocycles. The highest BCUT2D eigenvalue weighted by Gasteiger charge is 2.32. The minimum atomic E-state index is -3.70. The van der Waals surface area contributed by atoms with Crippen molar-refractivity contribution >= 4 is 21.6 Å². The van der Waals surface area contributed by atoms with Crippen LogP contribution in [0.4, 0.5) is 10.1 Å². The Bertz CT molecular complexity index is 926. The summed E-state index contributed by atoms with van der Waals surface area (Å²) in [6.45, 7) is 2.71. The van der Waals surface area contributed by atoms with E-state index in [0.717, 1.165) is 12.1 Å². The van der Waals surface area contributed by atoms with Gasteiger partial charge in [0.25, 0.3) is 0 Å². The van der Waals surface area contributed by atoms with E-state index in [9.17, 15) is 17.6 Å². The van der Waals surface area contributed by atoms with Crippen molar-refractivity contribution in [2.24, 2.45) is 5.92 Å². The van der Waals surface area contributed by atoms with Gasteiger partial charge in [0.15, 0.2) is 0 Å². The number of carbonyl (C=O) groups is 1. The highest BCUT2D eigenvalue weighted by atomic mass is 32.2. The molecular formula is C19H22FN3O4S. The van der Waals surface area contributed by atoms with Gasteiger partial charge in [0.05, 0.1) is 11.5 Å².